The van der Waals surface area contributed by atoms with Gasteiger partial charge < -0.3 is 9.84 Å². The average Bonchev–Trinajstić information content (AvgIpc) is 3.33. The summed E-state index contributed by atoms with van der Waals surface area (Å²) >= 11 is 0. The molecular formula is C21H19N5O2. The molecule has 28 heavy (non-hydrogen) atoms. The van der Waals surface area contributed by atoms with Crippen molar-refractivity contribution in [3.8, 4) is 11.3 Å². The Morgan fingerprint density at radius 1 is 1.07 bits per heavy atom. The van der Waals surface area contributed by atoms with Crippen LogP contribution in [-0.4, -0.2) is 25.8 Å². The Balaban J connectivity index is 1.72. The van der Waals surface area contributed by atoms with Gasteiger partial charge in [-0.3, -0.25) is 14.5 Å². The van der Waals surface area contributed by atoms with E-state index in [9.17, 15) is 4.79 Å². The summed E-state index contributed by atoms with van der Waals surface area (Å²) in [5, 5.41) is 11.4. The number of pyridine rings is 1. The van der Waals surface area contributed by atoms with Crippen molar-refractivity contribution >= 4 is 5.91 Å². The molecule has 0 spiro atoms. The summed E-state index contributed by atoms with van der Waals surface area (Å²) in [7, 11) is 1.85. The molecule has 1 aromatic carbocycles. The fourth-order valence-electron chi connectivity index (χ4n) is 3.19. The molecule has 3 aromatic heterocycles. The van der Waals surface area contributed by atoms with Gasteiger partial charge in [0.25, 0.3) is 5.91 Å². The zero-order valence-corrected chi connectivity index (χ0v) is 15.5. The van der Waals surface area contributed by atoms with Gasteiger partial charge in [-0.25, -0.2) is 0 Å². The van der Waals surface area contributed by atoms with E-state index in [1.807, 2.05) is 43.4 Å². The van der Waals surface area contributed by atoms with Crippen LogP contribution >= 0.6 is 0 Å². The summed E-state index contributed by atoms with van der Waals surface area (Å²) < 4.78 is 7.08. The number of aryl methyl sites for hydroxylation is 2. The lowest BCUT2D eigenvalue weighted by Crippen LogP contribution is -2.31. The molecule has 1 N–H and O–H groups in total. The SMILES string of the molecule is Cc1onc(-c2ccncc2)c1C(=O)NC(c1ccccc1)c1ccnn1C. The molecule has 140 valence electrons. The van der Waals surface area contributed by atoms with Crippen molar-refractivity contribution in [3.63, 3.8) is 0 Å². The van der Waals surface area contributed by atoms with E-state index in [1.54, 1.807) is 42.3 Å². The van der Waals surface area contributed by atoms with E-state index in [2.05, 4.69) is 20.6 Å². The largest absolute Gasteiger partial charge is 0.360 e. The normalized spacial score (nSPS) is 11.9. The smallest absolute Gasteiger partial charge is 0.257 e. The fourth-order valence-corrected chi connectivity index (χ4v) is 3.19. The Bertz CT molecular complexity index is 1090. The van der Waals surface area contributed by atoms with Crippen LogP contribution in [0.3, 0.4) is 0 Å². The summed E-state index contributed by atoms with van der Waals surface area (Å²) in [6.07, 6.45) is 5.03. The van der Waals surface area contributed by atoms with Crippen LogP contribution in [0.4, 0.5) is 0 Å². The van der Waals surface area contributed by atoms with Crippen LogP contribution in [0.1, 0.15) is 33.4 Å². The highest BCUT2D eigenvalue weighted by molar-refractivity contribution is 6.01. The predicted octanol–water partition coefficient (Wildman–Crippen LogP) is 3.30. The second kappa shape index (κ2) is 7.48. The highest BCUT2D eigenvalue weighted by Gasteiger charge is 2.26. The number of benzene rings is 1. The number of rotatable bonds is 5. The first-order valence-corrected chi connectivity index (χ1v) is 8.85. The number of amides is 1. The molecule has 0 fully saturated rings. The van der Waals surface area contributed by atoms with Gasteiger partial charge in [-0.15, -0.1) is 0 Å². The Kier molecular flexibility index (Phi) is 4.72. The zero-order valence-electron chi connectivity index (χ0n) is 15.5. The van der Waals surface area contributed by atoms with Crippen LogP contribution in [0.25, 0.3) is 11.3 Å². The Hall–Kier alpha value is -3.74. The van der Waals surface area contributed by atoms with Crippen molar-refractivity contribution in [2.75, 3.05) is 0 Å². The number of nitrogens with one attached hydrogen (secondary N) is 1. The van der Waals surface area contributed by atoms with Gasteiger partial charge in [-0.1, -0.05) is 35.5 Å². The van der Waals surface area contributed by atoms with Crippen molar-refractivity contribution < 1.29 is 9.32 Å². The summed E-state index contributed by atoms with van der Waals surface area (Å²) in [6, 6.07) is 14.9. The van der Waals surface area contributed by atoms with E-state index in [4.69, 9.17) is 4.52 Å². The van der Waals surface area contributed by atoms with E-state index in [0.29, 0.717) is 17.0 Å². The van der Waals surface area contributed by atoms with Crippen LogP contribution < -0.4 is 5.32 Å². The molecule has 0 saturated heterocycles. The molecule has 1 unspecified atom stereocenters. The number of aromatic nitrogens is 4. The minimum atomic E-state index is -0.360. The quantitative estimate of drug-likeness (QED) is 0.580. The third kappa shape index (κ3) is 3.29. The van der Waals surface area contributed by atoms with Gasteiger partial charge in [-0.05, 0) is 30.7 Å². The molecule has 4 aromatic rings. The summed E-state index contributed by atoms with van der Waals surface area (Å²) in [4.78, 5) is 17.3. The highest BCUT2D eigenvalue weighted by atomic mass is 16.5. The third-order valence-corrected chi connectivity index (χ3v) is 4.61. The maximum Gasteiger partial charge on any atom is 0.257 e. The third-order valence-electron chi connectivity index (χ3n) is 4.61. The van der Waals surface area contributed by atoms with Crippen LogP contribution in [0.5, 0.6) is 0 Å². The van der Waals surface area contributed by atoms with Crippen molar-refractivity contribution in [1.29, 1.82) is 0 Å². The van der Waals surface area contributed by atoms with Gasteiger partial charge in [0.2, 0.25) is 0 Å². The summed E-state index contributed by atoms with van der Waals surface area (Å²) in [5.74, 6) is 0.196. The monoisotopic (exact) mass is 373 g/mol. The summed E-state index contributed by atoms with van der Waals surface area (Å²) in [5.41, 5.74) is 3.51. The van der Waals surface area contributed by atoms with Gasteiger partial charge in [0.1, 0.15) is 17.0 Å². The molecule has 0 aliphatic rings. The lowest BCUT2D eigenvalue weighted by Gasteiger charge is -2.19. The maximum atomic E-state index is 13.3. The van der Waals surface area contributed by atoms with Crippen LogP contribution in [0, 0.1) is 6.92 Å². The molecule has 7 nitrogen and oxygen atoms in total. The van der Waals surface area contributed by atoms with E-state index in [-0.39, 0.29) is 11.9 Å². The van der Waals surface area contributed by atoms with E-state index in [1.165, 1.54) is 0 Å². The summed E-state index contributed by atoms with van der Waals surface area (Å²) in [6.45, 7) is 1.73. The molecular weight excluding hydrogens is 354 g/mol. The van der Waals surface area contributed by atoms with Crippen molar-refractivity contribution in [3.05, 3.63) is 89.7 Å². The van der Waals surface area contributed by atoms with Gasteiger partial charge in [0.15, 0.2) is 0 Å². The first kappa shape index (κ1) is 17.7. The molecule has 3 heterocycles. The molecule has 0 radical (unpaired) electrons. The minimum Gasteiger partial charge on any atom is -0.360 e. The lowest BCUT2D eigenvalue weighted by molar-refractivity contribution is 0.0940. The molecule has 0 aliphatic carbocycles. The topological polar surface area (TPSA) is 85.8 Å². The highest BCUT2D eigenvalue weighted by Crippen LogP contribution is 2.27. The van der Waals surface area contributed by atoms with Gasteiger partial charge in [0.05, 0.1) is 11.7 Å². The van der Waals surface area contributed by atoms with Gasteiger partial charge in [-0.2, -0.15) is 5.10 Å². The molecule has 1 amide bonds. The van der Waals surface area contributed by atoms with Crippen molar-refractivity contribution in [1.82, 2.24) is 25.2 Å². The second-order valence-electron chi connectivity index (χ2n) is 6.40. The van der Waals surface area contributed by atoms with Crippen LogP contribution in [-0.2, 0) is 7.05 Å². The number of hydrogen-bond acceptors (Lipinski definition) is 5. The van der Waals surface area contributed by atoms with E-state index >= 15 is 0 Å². The van der Waals surface area contributed by atoms with E-state index < -0.39 is 0 Å². The standard InChI is InChI=1S/C21H19N5O2/c1-14-18(20(25-28-14)16-8-11-22-12-9-16)21(27)24-19(15-6-4-3-5-7-15)17-10-13-23-26(17)2/h3-13,19H,1-2H3,(H,24,27). The first-order valence-electron chi connectivity index (χ1n) is 8.85. The van der Waals surface area contributed by atoms with Crippen LogP contribution in [0.15, 0.2) is 71.6 Å². The molecule has 0 bridgehead atoms. The number of hydrogen-bond donors (Lipinski definition) is 1. The molecule has 0 saturated carbocycles. The van der Waals surface area contributed by atoms with Crippen LogP contribution in [0.2, 0.25) is 0 Å². The molecule has 7 heteroatoms. The Morgan fingerprint density at radius 2 is 1.82 bits per heavy atom. The van der Waals surface area contributed by atoms with Gasteiger partial charge >= 0.3 is 0 Å². The molecule has 1 atom stereocenters. The van der Waals surface area contributed by atoms with Crippen molar-refractivity contribution in [2.45, 2.75) is 13.0 Å². The zero-order chi connectivity index (χ0) is 19.5. The minimum absolute atomic E-state index is 0.263. The lowest BCUT2D eigenvalue weighted by atomic mass is 10.0. The number of carbonyl (C=O) groups is 1. The van der Waals surface area contributed by atoms with E-state index in [0.717, 1.165) is 16.8 Å². The molecule has 4 rings (SSSR count). The molecule has 0 aliphatic heterocycles. The Morgan fingerprint density at radius 3 is 2.50 bits per heavy atom. The van der Waals surface area contributed by atoms with Crippen molar-refractivity contribution in [2.24, 2.45) is 7.05 Å². The number of nitrogens with zero attached hydrogens (tertiary/aromatic N) is 4. The average molecular weight is 373 g/mol. The fraction of sp³-hybridized carbons (Fsp3) is 0.143. The maximum absolute atomic E-state index is 13.3. The predicted molar refractivity (Wildman–Crippen MR) is 103 cm³/mol. The first-order chi connectivity index (χ1) is 13.6. The number of carbonyl (C=O) groups excluding carboxylic acids is 1. The Labute approximate surface area is 162 Å². The van der Waals surface area contributed by atoms with Gasteiger partial charge in [0, 0.05) is 31.2 Å². The second-order valence-corrected chi connectivity index (χ2v) is 6.40.